The summed E-state index contributed by atoms with van der Waals surface area (Å²) >= 11 is 0. The van der Waals surface area contributed by atoms with Crippen LogP contribution in [0.3, 0.4) is 0 Å². The van der Waals surface area contributed by atoms with Gasteiger partial charge in [0.05, 0.1) is 0 Å². The Bertz CT molecular complexity index is 162. The van der Waals surface area contributed by atoms with E-state index >= 15 is 0 Å². The maximum atomic E-state index is 5.39. The first-order chi connectivity index (χ1) is 5.24. The minimum Gasteiger partial charge on any atom is -0.337 e. The average molecular weight is 156 g/mol. The first-order valence-corrected chi connectivity index (χ1v) is 4.28. The zero-order valence-electron chi connectivity index (χ0n) is 7.37. The fourth-order valence-corrected chi connectivity index (χ4v) is 1.68. The van der Waals surface area contributed by atoms with E-state index in [1.54, 1.807) is 0 Å². The molecule has 64 valence electrons. The molecule has 11 heavy (non-hydrogen) atoms. The first kappa shape index (κ1) is 7.53. The normalized spacial score (nSPS) is 48.0. The van der Waals surface area contributed by atoms with Crippen LogP contribution in [0.1, 0.15) is 13.3 Å². The molecule has 1 heterocycles. The third kappa shape index (κ3) is 1.28. The number of nitrogens with one attached hydrogen (secondary N) is 1. The lowest BCUT2D eigenvalue weighted by molar-refractivity contribution is 0.196. The van der Waals surface area contributed by atoms with Gasteiger partial charge in [-0.2, -0.15) is 0 Å². The number of ether oxygens (including phenoxy) is 1. The number of likely N-dealkylation sites (N-methyl/N-ethyl adjacent to an activating group) is 2. The van der Waals surface area contributed by atoms with E-state index in [4.69, 9.17) is 4.74 Å². The molecule has 0 radical (unpaired) electrons. The lowest BCUT2D eigenvalue weighted by Crippen LogP contribution is -2.30. The number of epoxide rings is 1. The van der Waals surface area contributed by atoms with Crippen LogP contribution in [0.2, 0.25) is 0 Å². The first-order valence-electron chi connectivity index (χ1n) is 4.28. The Balaban J connectivity index is 1.79. The van der Waals surface area contributed by atoms with Crippen LogP contribution in [0, 0.1) is 5.92 Å². The van der Waals surface area contributed by atoms with Crippen molar-refractivity contribution in [3.05, 3.63) is 0 Å². The molecular formula is C8H16N2O. The molecule has 2 aliphatic rings. The van der Waals surface area contributed by atoms with Gasteiger partial charge in [0.1, 0.15) is 0 Å². The summed E-state index contributed by atoms with van der Waals surface area (Å²) in [5, 5.41) is 3.10. The molecule has 1 N–H and O–H groups in total. The molecule has 1 saturated carbocycles. The lowest BCUT2D eigenvalue weighted by atomic mass is 10.4. The molecule has 1 aliphatic carbocycles. The van der Waals surface area contributed by atoms with Crippen LogP contribution >= 0.6 is 0 Å². The van der Waals surface area contributed by atoms with Gasteiger partial charge in [0.15, 0.2) is 12.5 Å². The number of hydrogen-bond acceptors (Lipinski definition) is 3. The Labute approximate surface area is 67.7 Å². The summed E-state index contributed by atoms with van der Waals surface area (Å²) in [5.41, 5.74) is 0. The number of rotatable bonds is 3. The van der Waals surface area contributed by atoms with Gasteiger partial charge < -0.3 is 4.74 Å². The summed E-state index contributed by atoms with van der Waals surface area (Å²) < 4.78 is 5.39. The molecule has 0 aromatic heterocycles. The Morgan fingerprint density at radius 2 is 2.18 bits per heavy atom. The molecule has 3 nitrogen and oxygen atoms in total. The summed E-state index contributed by atoms with van der Waals surface area (Å²) in [5.74, 6) is 0.877. The zero-order valence-corrected chi connectivity index (χ0v) is 7.37. The highest BCUT2D eigenvalue weighted by Gasteiger charge is 2.48. The topological polar surface area (TPSA) is 27.8 Å². The van der Waals surface area contributed by atoms with Gasteiger partial charge >= 0.3 is 0 Å². The molecule has 0 bridgehead atoms. The second-order valence-electron chi connectivity index (χ2n) is 3.68. The van der Waals surface area contributed by atoms with E-state index in [1.807, 2.05) is 7.05 Å². The highest BCUT2D eigenvalue weighted by Crippen LogP contribution is 2.38. The molecule has 0 aromatic rings. The van der Waals surface area contributed by atoms with Crippen molar-refractivity contribution in [1.29, 1.82) is 0 Å². The third-order valence-electron chi connectivity index (χ3n) is 2.74. The molecule has 3 heteroatoms. The summed E-state index contributed by atoms with van der Waals surface area (Å²) in [6.07, 6.45) is 1.97. The van der Waals surface area contributed by atoms with Crippen LogP contribution in [0.15, 0.2) is 0 Å². The Morgan fingerprint density at radius 3 is 2.55 bits per heavy atom. The summed E-state index contributed by atoms with van der Waals surface area (Å²) in [6.45, 7) is 2.29. The van der Waals surface area contributed by atoms with Crippen LogP contribution < -0.4 is 5.32 Å². The molecule has 1 saturated heterocycles. The van der Waals surface area contributed by atoms with Crippen molar-refractivity contribution in [2.24, 2.45) is 5.92 Å². The minimum atomic E-state index is 0.285. The van der Waals surface area contributed by atoms with E-state index in [0.29, 0.717) is 6.23 Å². The highest BCUT2D eigenvalue weighted by atomic mass is 16.6. The van der Waals surface area contributed by atoms with Gasteiger partial charge in [-0.05, 0) is 26.4 Å². The number of nitrogens with zero attached hydrogens (tertiary/aromatic N) is 1. The van der Waals surface area contributed by atoms with E-state index in [0.717, 1.165) is 12.0 Å². The van der Waals surface area contributed by atoms with Gasteiger partial charge in [-0.15, -0.1) is 0 Å². The SMILES string of the molecule is CNC1OC1N(C)C1CC1C. The van der Waals surface area contributed by atoms with E-state index in [1.165, 1.54) is 6.42 Å². The van der Waals surface area contributed by atoms with Crippen molar-refractivity contribution in [3.63, 3.8) is 0 Å². The van der Waals surface area contributed by atoms with E-state index in [-0.39, 0.29) is 6.23 Å². The Morgan fingerprint density at radius 1 is 1.55 bits per heavy atom. The predicted molar refractivity (Wildman–Crippen MR) is 43.1 cm³/mol. The number of hydrogen-bond donors (Lipinski definition) is 1. The van der Waals surface area contributed by atoms with Gasteiger partial charge in [0, 0.05) is 6.04 Å². The van der Waals surface area contributed by atoms with Gasteiger partial charge in [0.25, 0.3) is 0 Å². The monoisotopic (exact) mass is 156 g/mol. The quantitative estimate of drug-likeness (QED) is 0.593. The molecular weight excluding hydrogens is 140 g/mol. The molecule has 0 amide bonds. The van der Waals surface area contributed by atoms with Crippen LogP contribution in [0.4, 0.5) is 0 Å². The molecule has 1 aliphatic heterocycles. The van der Waals surface area contributed by atoms with Crippen molar-refractivity contribution in [1.82, 2.24) is 10.2 Å². The summed E-state index contributed by atoms with van der Waals surface area (Å²) in [4.78, 5) is 2.34. The lowest BCUT2D eigenvalue weighted by Gasteiger charge is -2.12. The van der Waals surface area contributed by atoms with E-state index < -0.39 is 0 Å². The zero-order chi connectivity index (χ0) is 8.01. The van der Waals surface area contributed by atoms with Crippen LogP contribution in [-0.4, -0.2) is 37.5 Å². The predicted octanol–water partition coefficient (Wildman–Crippen LogP) is 0.228. The van der Waals surface area contributed by atoms with Crippen molar-refractivity contribution in [3.8, 4) is 0 Å². The fraction of sp³-hybridized carbons (Fsp3) is 1.00. The van der Waals surface area contributed by atoms with E-state index in [9.17, 15) is 0 Å². The molecule has 2 fully saturated rings. The summed E-state index contributed by atoms with van der Waals surface area (Å²) in [6, 6.07) is 0.776. The molecule has 0 spiro atoms. The molecule has 2 rings (SSSR count). The fourth-order valence-electron chi connectivity index (χ4n) is 1.68. The molecule has 4 atom stereocenters. The van der Waals surface area contributed by atoms with Crippen LogP contribution in [-0.2, 0) is 4.74 Å². The maximum absolute atomic E-state index is 5.39. The van der Waals surface area contributed by atoms with Gasteiger partial charge in [-0.25, -0.2) is 0 Å². The minimum absolute atomic E-state index is 0.285. The maximum Gasteiger partial charge on any atom is 0.152 e. The Kier molecular flexibility index (Phi) is 1.67. The van der Waals surface area contributed by atoms with Gasteiger partial charge in [-0.1, -0.05) is 6.92 Å². The van der Waals surface area contributed by atoms with Gasteiger partial charge in [-0.3, -0.25) is 10.2 Å². The standard InChI is InChI=1S/C8H16N2O/c1-5-4-6(5)10(3)8-7(9-2)11-8/h5-9H,4H2,1-3H3. The summed E-state index contributed by atoms with van der Waals surface area (Å²) in [7, 11) is 4.09. The average Bonchev–Trinajstić information content (AvgIpc) is 2.81. The van der Waals surface area contributed by atoms with Crippen molar-refractivity contribution in [2.75, 3.05) is 14.1 Å². The highest BCUT2D eigenvalue weighted by molar-refractivity contribution is 4.95. The largest absolute Gasteiger partial charge is 0.337 e. The van der Waals surface area contributed by atoms with Crippen LogP contribution in [0.25, 0.3) is 0 Å². The van der Waals surface area contributed by atoms with Crippen molar-refractivity contribution >= 4 is 0 Å². The third-order valence-corrected chi connectivity index (χ3v) is 2.74. The smallest absolute Gasteiger partial charge is 0.152 e. The Hall–Kier alpha value is -0.120. The second kappa shape index (κ2) is 2.44. The van der Waals surface area contributed by atoms with Crippen LogP contribution in [0.5, 0.6) is 0 Å². The molecule has 4 unspecified atom stereocenters. The van der Waals surface area contributed by atoms with Crippen molar-refractivity contribution < 1.29 is 4.74 Å². The second-order valence-corrected chi connectivity index (χ2v) is 3.68. The van der Waals surface area contributed by atoms with E-state index in [2.05, 4.69) is 24.2 Å². The molecule has 0 aromatic carbocycles. The van der Waals surface area contributed by atoms with Crippen molar-refractivity contribution in [2.45, 2.75) is 31.8 Å². The van der Waals surface area contributed by atoms with Gasteiger partial charge in [0.2, 0.25) is 0 Å².